The fraction of sp³-hybridized carbons (Fsp3) is 0.211. The molecule has 0 spiro atoms. The Morgan fingerprint density at radius 2 is 1.97 bits per heavy atom. The highest BCUT2D eigenvalue weighted by Gasteiger charge is 2.31. The summed E-state index contributed by atoms with van der Waals surface area (Å²) in [5.74, 6) is -0.327. The fourth-order valence-corrected chi connectivity index (χ4v) is 4.58. The number of nitrogens with zero attached hydrogens (tertiary/aromatic N) is 6. The van der Waals surface area contributed by atoms with Crippen LogP contribution in [0.5, 0.6) is 5.75 Å². The molecule has 0 fully saturated rings. The highest BCUT2D eigenvalue weighted by atomic mass is 32.1. The molecule has 0 bridgehead atoms. The van der Waals surface area contributed by atoms with Crippen molar-refractivity contribution in [2.45, 2.75) is 19.3 Å². The summed E-state index contributed by atoms with van der Waals surface area (Å²) in [5, 5.41) is 16.2. The lowest BCUT2D eigenvalue weighted by Gasteiger charge is -2.10. The molecule has 5 rings (SSSR count). The van der Waals surface area contributed by atoms with Crippen LogP contribution >= 0.6 is 11.3 Å². The van der Waals surface area contributed by atoms with Crippen molar-refractivity contribution < 1.29 is 17.9 Å². The Kier molecular flexibility index (Phi) is 4.69. The lowest BCUT2D eigenvalue weighted by Crippen LogP contribution is -2.24. The number of fused-ring (bicyclic) bond motifs is 3. The molecule has 0 saturated carbocycles. The Balaban J connectivity index is 1.46. The molecule has 1 aromatic carbocycles. The van der Waals surface area contributed by atoms with Gasteiger partial charge in [-0.1, -0.05) is 12.1 Å². The number of benzene rings is 1. The van der Waals surface area contributed by atoms with E-state index in [2.05, 4.69) is 30.2 Å². The molecule has 4 aromatic heterocycles. The van der Waals surface area contributed by atoms with E-state index < -0.39 is 6.36 Å². The van der Waals surface area contributed by atoms with Crippen molar-refractivity contribution in [3.05, 3.63) is 63.3 Å². The first-order valence-electron chi connectivity index (χ1n) is 9.32. The molecular weight excluding hydrogens is 447 g/mol. The van der Waals surface area contributed by atoms with E-state index in [0.717, 1.165) is 15.4 Å². The third-order valence-electron chi connectivity index (χ3n) is 4.86. The van der Waals surface area contributed by atoms with Gasteiger partial charge in [-0.15, -0.1) is 24.5 Å². The molecule has 0 saturated heterocycles. The van der Waals surface area contributed by atoms with E-state index in [1.165, 1.54) is 40.3 Å². The van der Waals surface area contributed by atoms with Gasteiger partial charge in [0, 0.05) is 18.9 Å². The van der Waals surface area contributed by atoms with Crippen molar-refractivity contribution in [3.63, 3.8) is 0 Å². The van der Waals surface area contributed by atoms with Crippen LogP contribution in [0.25, 0.3) is 21.3 Å². The molecule has 13 heteroatoms. The quantitative estimate of drug-likeness (QED) is 0.432. The highest BCUT2D eigenvalue weighted by molar-refractivity contribution is 7.19. The average Bonchev–Trinajstić information content (AvgIpc) is 3.44. The maximum Gasteiger partial charge on any atom is 0.573 e. The number of H-pyrrole nitrogens is 1. The van der Waals surface area contributed by atoms with Crippen LogP contribution in [0.1, 0.15) is 16.3 Å². The second-order valence-corrected chi connectivity index (χ2v) is 8.10. The molecule has 32 heavy (non-hydrogen) atoms. The standard InChI is InChI=1S/C19H14F3N7O2S/c1-28-15-13(16-17(28)25-14(32-16)6-11-7-23-27-26-11)8-24-29(18(15)30)9-10-2-4-12(5-3-10)31-19(20,21)22/h2-5,7-8H,6,9H2,1H3,(H,23,26,27). The number of thiazole rings is 1. The van der Waals surface area contributed by atoms with E-state index in [1.54, 1.807) is 24.0 Å². The van der Waals surface area contributed by atoms with Crippen LogP contribution < -0.4 is 10.3 Å². The van der Waals surface area contributed by atoms with Crippen LogP contribution in [0, 0.1) is 0 Å². The first-order chi connectivity index (χ1) is 15.3. The zero-order chi connectivity index (χ0) is 22.5. The largest absolute Gasteiger partial charge is 0.573 e. The normalized spacial score (nSPS) is 12.1. The number of rotatable bonds is 5. The Hall–Kier alpha value is -3.74. The van der Waals surface area contributed by atoms with Crippen molar-refractivity contribution >= 4 is 32.6 Å². The summed E-state index contributed by atoms with van der Waals surface area (Å²) in [5.41, 5.74) is 2.19. The summed E-state index contributed by atoms with van der Waals surface area (Å²) in [6, 6.07) is 5.32. The van der Waals surface area contributed by atoms with Gasteiger partial charge in [-0.05, 0) is 17.7 Å². The number of hydrogen-bond donors (Lipinski definition) is 1. The molecule has 5 aromatic rings. The molecule has 164 valence electrons. The average molecular weight is 461 g/mol. The van der Waals surface area contributed by atoms with Crippen molar-refractivity contribution in [3.8, 4) is 5.75 Å². The Morgan fingerprint density at radius 1 is 1.19 bits per heavy atom. The molecule has 0 aliphatic heterocycles. The van der Waals surface area contributed by atoms with Gasteiger partial charge in [0.05, 0.1) is 29.3 Å². The van der Waals surface area contributed by atoms with Crippen LogP contribution in [-0.4, -0.2) is 41.1 Å². The lowest BCUT2D eigenvalue weighted by molar-refractivity contribution is -0.274. The minimum atomic E-state index is -4.76. The number of aromatic nitrogens is 7. The molecule has 0 atom stereocenters. The number of ether oxygens (including phenoxy) is 1. The van der Waals surface area contributed by atoms with Gasteiger partial charge in [0.25, 0.3) is 5.56 Å². The Labute approximate surface area is 181 Å². The summed E-state index contributed by atoms with van der Waals surface area (Å²) in [4.78, 5) is 17.7. The van der Waals surface area contributed by atoms with Gasteiger partial charge in [0.1, 0.15) is 16.3 Å². The van der Waals surface area contributed by atoms with Crippen LogP contribution in [0.2, 0.25) is 0 Å². The SMILES string of the molecule is Cn1c2nc(Cc3cn[nH]n3)sc2c2cnn(Cc3ccc(OC(F)(F)F)cc3)c(=O)c21. The van der Waals surface area contributed by atoms with E-state index in [9.17, 15) is 18.0 Å². The molecule has 0 radical (unpaired) electrons. The molecule has 4 heterocycles. The van der Waals surface area contributed by atoms with E-state index >= 15 is 0 Å². The van der Waals surface area contributed by atoms with Gasteiger partial charge >= 0.3 is 6.36 Å². The second kappa shape index (κ2) is 7.44. The minimum absolute atomic E-state index is 0.102. The van der Waals surface area contributed by atoms with Crippen molar-refractivity contribution in [1.82, 2.24) is 34.7 Å². The molecule has 1 N–H and O–H groups in total. The van der Waals surface area contributed by atoms with Crippen LogP contribution in [-0.2, 0) is 20.0 Å². The van der Waals surface area contributed by atoms with Gasteiger partial charge in [-0.25, -0.2) is 9.67 Å². The highest BCUT2D eigenvalue weighted by Crippen LogP contribution is 2.31. The first kappa shape index (κ1) is 20.2. The zero-order valence-electron chi connectivity index (χ0n) is 16.4. The predicted molar refractivity (Wildman–Crippen MR) is 110 cm³/mol. The summed E-state index contributed by atoms with van der Waals surface area (Å²) >= 11 is 1.46. The molecule has 0 unspecified atom stereocenters. The molecular formula is C19H14F3N7O2S. The number of nitrogens with one attached hydrogen (secondary N) is 1. The topological polar surface area (TPSA) is 104 Å². The maximum atomic E-state index is 13.1. The molecule has 0 amide bonds. The van der Waals surface area contributed by atoms with Crippen LogP contribution in [0.4, 0.5) is 13.2 Å². The molecule has 9 nitrogen and oxygen atoms in total. The second-order valence-electron chi connectivity index (χ2n) is 7.02. The number of aromatic amines is 1. The Bertz CT molecular complexity index is 1470. The number of alkyl halides is 3. The fourth-order valence-electron chi connectivity index (χ4n) is 3.46. The van der Waals surface area contributed by atoms with E-state index in [0.29, 0.717) is 28.5 Å². The smallest absolute Gasteiger partial charge is 0.406 e. The summed E-state index contributed by atoms with van der Waals surface area (Å²) < 4.78 is 44.7. The van der Waals surface area contributed by atoms with Crippen LogP contribution in [0.15, 0.2) is 41.5 Å². The minimum Gasteiger partial charge on any atom is -0.406 e. The first-order valence-corrected chi connectivity index (χ1v) is 10.1. The monoisotopic (exact) mass is 461 g/mol. The number of hydrogen-bond acceptors (Lipinski definition) is 7. The van der Waals surface area contributed by atoms with E-state index in [4.69, 9.17) is 0 Å². The van der Waals surface area contributed by atoms with Crippen molar-refractivity contribution in [2.24, 2.45) is 7.05 Å². The van der Waals surface area contributed by atoms with Crippen molar-refractivity contribution in [1.29, 1.82) is 0 Å². The van der Waals surface area contributed by atoms with Gasteiger partial charge in [-0.3, -0.25) is 4.79 Å². The summed E-state index contributed by atoms with van der Waals surface area (Å²) in [7, 11) is 1.76. The van der Waals surface area contributed by atoms with Crippen molar-refractivity contribution in [2.75, 3.05) is 0 Å². The van der Waals surface area contributed by atoms with Gasteiger partial charge < -0.3 is 9.30 Å². The zero-order valence-corrected chi connectivity index (χ0v) is 17.2. The van der Waals surface area contributed by atoms with Gasteiger partial charge in [0.15, 0.2) is 5.65 Å². The van der Waals surface area contributed by atoms with E-state index in [1.807, 2.05) is 0 Å². The maximum absolute atomic E-state index is 13.1. The molecule has 0 aliphatic rings. The third-order valence-corrected chi connectivity index (χ3v) is 5.93. The number of halogens is 3. The molecule has 0 aliphatic carbocycles. The van der Waals surface area contributed by atoms with Gasteiger partial charge in [0.2, 0.25) is 0 Å². The van der Waals surface area contributed by atoms with Crippen LogP contribution in [0.3, 0.4) is 0 Å². The Morgan fingerprint density at radius 3 is 2.66 bits per heavy atom. The summed E-state index contributed by atoms with van der Waals surface area (Å²) in [6.45, 7) is 0.102. The van der Waals surface area contributed by atoms with Gasteiger partial charge in [-0.2, -0.15) is 20.5 Å². The lowest BCUT2D eigenvalue weighted by atomic mass is 10.2. The van der Waals surface area contributed by atoms with E-state index in [-0.39, 0.29) is 17.9 Å². The summed E-state index contributed by atoms with van der Waals surface area (Å²) in [6.07, 6.45) is -0.992. The third kappa shape index (κ3) is 3.70. The predicted octanol–water partition coefficient (Wildman–Crippen LogP) is 3.00. The number of aryl methyl sites for hydroxylation is 1.